The first-order valence-corrected chi connectivity index (χ1v) is 8.17. The van der Waals surface area contributed by atoms with E-state index in [9.17, 15) is 13.2 Å². The van der Waals surface area contributed by atoms with Crippen LogP contribution in [0.2, 0.25) is 0 Å². The van der Waals surface area contributed by atoms with Crippen LogP contribution in [0.1, 0.15) is 37.0 Å². The summed E-state index contributed by atoms with van der Waals surface area (Å²) >= 11 is 0. The fourth-order valence-corrected chi connectivity index (χ4v) is 3.26. The molecule has 0 spiro atoms. The minimum atomic E-state index is -3.04. The van der Waals surface area contributed by atoms with Crippen LogP contribution in [0, 0.1) is 13.8 Å². The van der Waals surface area contributed by atoms with Gasteiger partial charge in [0.2, 0.25) is 0 Å². The van der Waals surface area contributed by atoms with Gasteiger partial charge in [-0.05, 0) is 27.7 Å². The third kappa shape index (κ3) is 4.76. The first kappa shape index (κ1) is 15.8. The van der Waals surface area contributed by atoms with Gasteiger partial charge in [-0.3, -0.25) is 4.79 Å². The van der Waals surface area contributed by atoms with Crippen molar-refractivity contribution >= 4 is 9.84 Å². The van der Waals surface area contributed by atoms with Gasteiger partial charge in [-0.15, -0.1) is 0 Å². The Morgan fingerprint density at radius 2 is 1.89 bits per heavy atom. The van der Waals surface area contributed by atoms with Gasteiger partial charge in [0.05, 0.1) is 11.3 Å². The number of hydrogen-bond donors (Lipinski definition) is 2. The maximum Gasteiger partial charge on any atom is 0.255 e. The quantitative estimate of drug-likeness (QED) is 0.821. The molecule has 6 nitrogen and oxygen atoms in total. The third-order valence-corrected chi connectivity index (χ3v) is 3.89. The maximum atomic E-state index is 11.9. The molecule has 2 N–H and O–H groups in total. The van der Waals surface area contributed by atoms with E-state index in [2.05, 4.69) is 15.3 Å². The summed E-state index contributed by atoms with van der Waals surface area (Å²) in [5, 5.41) is 3.11. The molecule has 0 saturated heterocycles. The molecule has 0 aromatic carbocycles. The molecule has 0 amide bonds. The number of nitrogens with one attached hydrogen (secondary N) is 2. The number of hydrogen-bond acceptors (Lipinski definition) is 5. The Morgan fingerprint density at radius 3 is 2.37 bits per heavy atom. The van der Waals surface area contributed by atoms with Crippen LogP contribution >= 0.6 is 0 Å². The molecule has 1 rings (SSSR count). The second-order valence-electron chi connectivity index (χ2n) is 5.03. The van der Waals surface area contributed by atoms with Gasteiger partial charge in [0, 0.05) is 24.0 Å². The number of nitrogens with zero attached hydrogens (tertiary/aromatic N) is 1. The van der Waals surface area contributed by atoms with Gasteiger partial charge < -0.3 is 10.3 Å². The van der Waals surface area contributed by atoms with Crippen molar-refractivity contribution in [1.29, 1.82) is 0 Å². The Bertz CT molecular complexity index is 607. The zero-order valence-electron chi connectivity index (χ0n) is 11.9. The number of aromatic amines is 1. The van der Waals surface area contributed by atoms with E-state index in [1.807, 2.05) is 6.92 Å². The minimum Gasteiger partial charge on any atom is -0.310 e. The fraction of sp³-hybridized carbons (Fsp3) is 0.667. The zero-order chi connectivity index (χ0) is 14.8. The predicted octanol–water partition coefficient (Wildman–Crippen LogP) is 0.470. The lowest BCUT2D eigenvalue weighted by molar-refractivity contribution is 0.494. The fourth-order valence-electron chi connectivity index (χ4n) is 2.26. The lowest BCUT2D eigenvalue weighted by atomic mass is 10.1. The molecule has 0 radical (unpaired) electrons. The van der Waals surface area contributed by atoms with Crippen molar-refractivity contribution in [2.75, 3.05) is 12.0 Å². The standard InChI is InChI=1S/C12H21N3O3S/c1-7(6-19(5,17)18)13-8(2)11-9(3)14-10(4)15-12(11)16/h7-8,13H,6H2,1-5H3,(H,14,15,16). The molecule has 2 unspecified atom stereocenters. The van der Waals surface area contributed by atoms with Crippen molar-refractivity contribution in [2.45, 2.75) is 39.8 Å². The highest BCUT2D eigenvalue weighted by atomic mass is 32.2. The van der Waals surface area contributed by atoms with Gasteiger partial charge in [0.25, 0.3) is 5.56 Å². The second kappa shape index (κ2) is 5.83. The van der Waals surface area contributed by atoms with Crippen LogP contribution < -0.4 is 10.9 Å². The average molecular weight is 287 g/mol. The van der Waals surface area contributed by atoms with Crippen LogP contribution in [0.15, 0.2) is 4.79 Å². The summed E-state index contributed by atoms with van der Waals surface area (Å²) in [6, 6.07) is -0.487. The number of aromatic nitrogens is 2. The maximum absolute atomic E-state index is 11.9. The molecular weight excluding hydrogens is 266 g/mol. The number of H-pyrrole nitrogens is 1. The Hall–Kier alpha value is -1.21. The molecule has 1 heterocycles. The van der Waals surface area contributed by atoms with Crippen molar-refractivity contribution in [3.05, 3.63) is 27.4 Å². The van der Waals surface area contributed by atoms with Crippen molar-refractivity contribution < 1.29 is 8.42 Å². The SMILES string of the molecule is Cc1nc(C)c(C(C)NC(C)CS(C)(=O)=O)c(=O)[nH]1. The van der Waals surface area contributed by atoms with E-state index >= 15 is 0 Å². The molecule has 0 fully saturated rings. The van der Waals surface area contributed by atoms with E-state index in [0.29, 0.717) is 17.1 Å². The number of sulfone groups is 1. The summed E-state index contributed by atoms with van der Waals surface area (Å²) in [6.45, 7) is 7.11. The molecule has 0 aliphatic rings. The molecule has 1 aromatic heterocycles. The average Bonchev–Trinajstić information content (AvgIpc) is 2.10. The van der Waals surface area contributed by atoms with Gasteiger partial charge >= 0.3 is 0 Å². The number of rotatable bonds is 5. The van der Waals surface area contributed by atoms with Crippen molar-refractivity contribution in [1.82, 2.24) is 15.3 Å². The van der Waals surface area contributed by atoms with Crippen LogP contribution in [0.3, 0.4) is 0 Å². The molecular formula is C12H21N3O3S. The van der Waals surface area contributed by atoms with Gasteiger partial charge in [0.15, 0.2) is 0 Å². The summed E-state index contributed by atoms with van der Waals surface area (Å²) in [4.78, 5) is 18.8. The summed E-state index contributed by atoms with van der Waals surface area (Å²) in [5.74, 6) is 0.607. The van der Waals surface area contributed by atoms with Gasteiger partial charge in [-0.1, -0.05) is 0 Å². The van der Waals surface area contributed by atoms with Crippen LogP contribution in [-0.4, -0.2) is 36.4 Å². The summed E-state index contributed by atoms with van der Waals surface area (Å²) in [5.41, 5.74) is 1.02. The molecule has 0 saturated carbocycles. The highest BCUT2D eigenvalue weighted by Gasteiger charge is 2.18. The van der Waals surface area contributed by atoms with Crippen molar-refractivity contribution in [2.24, 2.45) is 0 Å². The van der Waals surface area contributed by atoms with Crippen LogP contribution in [0.25, 0.3) is 0 Å². The second-order valence-corrected chi connectivity index (χ2v) is 7.22. The van der Waals surface area contributed by atoms with E-state index in [0.717, 1.165) is 0 Å². The van der Waals surface area contributed by atoms with Crippen molar-refractivity contribution in [3.63, 3.8) is 0 Å². The van der Waals surface area contributed by atoms with Gasteiger partial charge in [-0.25, -0.2) is 13.4 Å². The van der Waals surface area contributed by atoms with E-state index in [1.165, 1.54) is 6.26 Å². The summed E-state index contributed by atoms with van der Waals surface area (Å²) in [6.07, 6.45) is 1.20. The van der Waals surface area contributed by atoms with Crippen LogP contribution in [-0.2, 0) is 9.84 Å². The number of aryl methyl sites for hydroxylation is 2. The normalized spacial score (nSPS) is 15.2. The molecule has 2 atom stereocenters. The first-order valence-electron chi connectivity index (χ1n) is 6.11. The third-order valence-electron chi connectivity index (χ3n) is 2.78. The Kier molecular flexibility index (Phi) is 4.86. The molecule has 0 aliphatic carbocycles. The highest BCUT2D eigenvalue weighted by molar-refractivity contribution is 7.90. The minimum absolute atomic E-state index is 0.0353. The van der Waals surface area contributed by atoms with E-state index in [1.54, 1.807) is 20.8 Å². The van der Waals surface area contributed by atoms with E-state index in [-0.39, 0.29) is 23.4 Å². The molecule has 108 valence electrons. The Labute approximate surface area is 113 Å². The molecule has 0 aliphatic heterocycles. The van der Waals surface area contributed by atoms with Crippen LogP contribution in [0.5, 0.6) is 0 Å². The first-order chi connectivity index (χ1) is 8.60. The van der Waals surface area contributed by atoms with E-state index in [4.69, 9.17) is 0 Å². The van der Waals surface area contributed by atoms with Gasteiger partial charge in [-0.2, -0.15) is 0 Å². The molecule has 1 aromatic rings. The van der Waals surface area contributed by atoms with E-state index < -0.39 is 9.84 Å². The lowest BCUT2D eigenvalue weighted by Gasteiger charge is -2.20. The summed E-state index contributed by atoms with van der Waals surface area (Å²) in [7, 11) is -3.04. The van der Waals surface area contributed by atoms with Crippen LogP contribution in [0.4, 0.5) is 0 Å². The smallest absolute Gasteiger partial charge is 0.255 e. The Balaban J connectivity index is 2.90. The Morgan fingerprint density at radius 1 is 1.32 bits per heavy atom. The van der Waals surface area contributed by atoms with Crippen molar-refractivity contribution in [3.8, 4) is 0 Å². The monoisotopic (exact) mass is 287 g/mol. The summed E-state index contributed by atoms with van der Waals surface area (Å²) < 4.78 is 22.4. The lowest BCUT2D eigenvalue weighted by Crippen LogP contribution is -2.37. The predicted molar refractivity (Wildman–Crippen MR) is 75.1 cm³/mol. The highest BCUT2D eigenvalue weighted by Crippen LogP contribution is 2.12. The van der Waals surface area contributed by atoms with Gasteiger partial charge in [0.1, 0.15) is 15.7 Å². The molecule has 19 heavy (non-hydrogen) atoms. The molecule has 7 heteroatoms. The largest absolute Gasteiger partial charge is 0.310 e. The molecule has 0 bridgehead atoms. The zero-order valence-corrected chi connectivity index (χ0v) is 12.8. The topological polar surface area (TPSA) is 91.9 Å².